The molecule has 0 radical (unpaired) electrons. The minimum atomic E-state index is 1.02. The normalized spacial score (nSPS) is 11.7. The summed E-state index contributed by atoms with van der Waals surface area (Å²) in [6.45, 7) is 8.84. The molecule has 12 heterocycles. The van der Waals surface area contributed by atoms with E-state index in [0.29, 0.717) is 0 Å². The van der Waals surface area contributed by atoms with E-state index >= 15 is 0 Å². The summed E-state index contributed by atoms with van der Waals surface area (Å²) < 4.78 is 0. The van der Waals surface area contributed by atoms with Crippen molar-refractivity contribution in [3.63, 3.8) is 0 Å². The number of hydrogen-bond donors (Lipinski definition) is 0. The van der Waals surface area contributed by atoms with Crippen molar-refractivity contribution in [3.8, 4) is 130 Å². The summed E-state index contributed by atoms with van der Waals surface area (Å²) in [5.41, 5.74) is 7.86. The van der Waals surface area contributed by atoms with Gasteiger partial charge in [-0.05, 0) is 182 Å². The van der Waals surface area contributed by atoms with Crippen LogP contribution in [0, 0.1) is 13.8 Å². The topological polar surface area (TPSA) is 0 Å². The second kappa shape index (κ2) is 21.7. The van der Waals surface area contributed by atoms with Crippen LogP contribution in [-0.2, 0) is 12.8 Å². The van der Waals surface area contributed by atoms with Gasteiger partial charge in [-0.25, -0.2) is 0 Å². The summed E-state index contributed by atoms with van der Waals surface area (Å²) in [5.74, 6) is 0. The highest BCUT2D eigenvalue weighted by Gasteiger charge is 2.23. The predicted octanol–water partition coefficient (Wildman–Crippen LogP) is 25.8. The third-order valence-corrected chi connectivity index (χ3v) is 28.8. The van der Waals surface area contributed by atoms with Crippen molar-refractivity contribution in [1.82, 2.24) is 0 Å². The molecule has 0 aliphatic heterocycles. The minimum Gasteiger partial charge on any atom is -0.140 e. The lowest BCUT2D eigenvalue weighted by molar-refractivity contribution is 1.14. The Labute approximate surface area is 503 Å². The molecular formula is C66H46S12. The first-order valence-corrected chi connectivity index (χ1v) is 35.5. The van der Waals surface area contributed by atoms with E-state index in [0.717, 1.165) is 12.8 Å². The Hall–Kier alpha value is -5.16. The van der Waals surface area contributed by atoms with Crippen LogP contribution in [-0.4, -0.2) is 0 Å². The average Bonchev–Trinajstić information content (AvgIpc) is 4.38. The maximum absolute atomic E-state index is 2.47. The third-order valence-electron chi connectivity index (χ3n) is 13.8. The fraction of sp³-hybridized carbons (Fsp3) is 0.0909. The summed E-state index contributed by atoms with van der Waals surface area (Å²) >= 11 is 22.9. The number of hydrogen-bond acceptors (Lipinski definition) is 12. The molecule has 0 fully saturated rings. The molecule has 14 rings (SSSR count). The lowest BCUT2D eigenvalue weighted by atomic mass is 10.0. The van der Waals surface area contributed by atoms with Gasteiger partial charge in [-0.2, -0.15) is 0 Å². The lowest BCUT2D eigenvalue weighted by Gasteiger charge is -2.04. The molecule has 0 aliphatic carbocycles. The summed E-state index contributed by atoms with van der Waals surface area (Å²) in [5, 5.41) is 0. The number of thiophene rings is 12. The van der Waals surface area contributed by atoms with Crippen molar-refractivity contribution in [2.24, 2.45) is 0 Å². The summed E-state index contributed by atoms with van der Waals surface area (Å²) in [4.78, 5) is 31.9. The second-order valence-electron chi connectivity index (χ2n) is 18.9. The van der Waals surface area contributed by atoms with E-state index in [1.807, 2.05) is 136 Å². The fourth-order valence-electron chi connectivity index (χ4n) is 9.59. The van der Waals surface area contributed by atoms with Gasteiger partial charge in [0, 0.05) is 118 Å². The Bertz CT molecular complexity index is 4100. The van der Waals surface area contributed by atoms with E-state index in [9.17, 15) is 0 Å². The van der Waals surface area contributed by atoms with Gasteiger partial charge in [0.1, 0.15) is 0 Å². The molecule has 78 heavy (non-hydrogen) atoms. The fourth-order valence-corrected chi connectivity index (χ4v) is 22.8. The van der Waals surface area contributed by atoms with Crippen molar-refractivity contribution >= 4 is 136 Å². The van der Waals surface area contributed by atoms with Crippen LogP contribution in [0.4, 0.5) is 0 Å². The van der Waals surface area contributed by atoms with Gasteiger partial charge in [0.2, 0.25) is 0 Å². The van der Waals surface area contributed by atoms with Crippen LogP contribution in [0.1, 0.15) is 34.7 Å². The molecule has 0 unspecified atom stereocenters. The summed E-state index contributed by atoms with van der Waals surface area (Å²) in [6.07, 6.45) is 2.05. The smallest absolute Gasteiger partial charge is 0.0528 e. The Balaban J connectivity index is 0.767. The molecule has 0 saturated heterocycles. The highest BCUT2D eigenvalue weighted by Crippen LogP contribution is 2.54. The van der Waals surface area contributed by atoms with Crippen LogP contribution in [0.2, 0.25) is 0 Å². The van der Waals surface area contributed by atoms with E-state index in [-0.39, 0.29) is 0 Å². The molecule has 0 bridgehead atoms. The van der Waals surface area contributed by atoms with Crippen LogP contribution in [0.15, 0.2) is 182 Å². The zero-order chi connectivity index (χ0) is 52.4. The molecule has 0 saturated carbocycles. The zero-order valence-corrected chi connectivity index (χ0v) is 52.4. The van der Waals surface area contributed by atoms with Gasteiger partial charge in [0.25, 0.3) is 0 Å². The van der Waals surface area contributed by atoms with Crippen LogP contribution < -0.4 is 0 Å². The molecule has 0 aliphatic rings. The van der Waals surface area contributed by atoms with Gasteiger partial charge in [0.05, 0.1) is 9.75 Å². The lowest BCUT2D eigenvalue weighted by Crippen LogP contribution is -1.81. The first-order valence-electron chi connectivity index (χ1n) is 25.7. The zero-order valence-electron chi connectivity index (χ0n) is 42.6. The maximum Gasteiger partial charge on any atom is 0.0528 e. The van der Waals surface area contributed by atoms with E-state index in [1.54, 1.807) is 0 Å². The first kappa shape index (κ1) is 51.0. The molecular weight excluding hydrogens is 1180 g/mol. The number of aryl methyl sites for hydroxylation is 4. The number of rotatable bonds is 15. The molecule has 2 aromatic carbocycles. The van der Waals surface area contributed by atoms with Gasteiger partial charge in [-0.3, -0.25) is 0 Å². The number of benzene rings is 2. The quantitative estimate of drug-likeness (QED) is 0.0960. The Morgan fingerprint density at radius 1 is 0.218 bits per heavy atom. The van der Waals surface area contributed by atoms with E-state index in [2.05, 4.69) is 210 Å². The molecule has 0 amide bonds. The highest BCUT2D eigenvalue weighted by molar-refractivity contribution is 7.33. The van der Waals surface area contributed by atoms with Gasteiger partial charge in [0.15, 0.2) is 0 Å². The third kappa shape index (κ3) is 10.1. The Kier molecular flexibility index (Phi) is 14.2. The van der Waals surface area contributed by atoms with Gasteiger partial charge < -0.3 is 0 Å². The van der Waals surface area contributed by atoms with E-state index in [1.165, 1.54) is 150 Å². The Morgan fingerprint density at radius 2 is 0.436 bits per heavy atom. The van der Waals surface area contributed by atoms with Crippen molar-refractivity contribution in [3.05, 3.63) is 203 Å². The summed E-state index contributed by atoms with van der Waals surface area (Å²) in [7, 11) is 0. The predicted molar refractivity (Wildman–Crippen MR) is 360 cm³/mol. The molecule has 14 aromatic rings. The van der Waals surface area contributed by atoms with Gasteiger partial charge >= 0.3 is 0 Å². The van der Waals surface area contributed by atoms with Crippen LogP contribution >= 0.6 is 136 Å². The van der Waals surface area contributed by atoms with Crippen LogP contribution in [0.25, 0.3) is 130 Å². The van der Waals surface area contributed by atoms with Crippen molar-refractivity contribution in [1.29, 1.82) is 0 Å². The van der Waals surface area contributed by atoms with E-state index in [4.69, 9.17) is 0 Å². The standard InChI is InChI=1S/C66H46S12/c1-5-39-9-13-41(14-10-39)43-35-63(77-65(43)61-33-31-59(75-61)57-29-27-55(73-57)53-25-23-51(71-53)49-21-19-47(69-49)45-17-7-37(3)67-45)64-36-44(42-15-11-40(6-2)12-16-42)66(78-64)62-34-32-60(76-62)58-30-28-56(74-58)54-26-24-52(72-54)50-22-20-48(70-50)46-18-8-38(4)68-46/h7-36H,5-6H2,1-4H3. The molecule has 0 N–H and O–H groups in total. The van der Waals surface area contributed by atoms with Gasteiger partial charge in [-0.15, -0.1) is 136 Å². The second-order valence-corrected chi connectivity index (χ2v) is 32.3. The summed E-state index contributed by atoms with van der Waals surface area (Å²) in [6, 6.07) is 69.5. The molecule has 0 spiro atoms. The van der Waals surface area contributed by atoms with Crippen LogP contribution in [0.3, 0.4) is 0 Å². The van der Waals surface area contributed by atoms with E-state index < -0.39 is 0 Å². The minimum absolute atomic E-state index is 1.02. The van der Waals surface area contributed by atoms with Gasteiger partial charge in [-0.1, -0.05) is 62.4 Å². The Morgan fingerprint density at radius 3 is 0.667 bits per heavy atom. The maximum atomic E-state index is 2.47. The average molecular weight is 1220 g/mol. The molecule has 12 heteroatoms. The molecule has 382 valence electrons. The largest absolute Gasteiger partial charge is 0.140 e. The first-order chi connectivity index (χ1) is 38.2. The monoisotopic (exact) mass is 1220 g/mol. The molecule has 0 atom stereocenters. The van der Waals surface area contributed by atoms with Crippen molar-refractivity contribution < 1.29 is 0 Å². The van der Waals surface area contributed by atoms with Crippen LogP contribution in [0.5, 0.6) is 0 Å². The SMILES string of the molecule is CCc1ccc(-c2cc(-c3cc(-c4ccc(CC)cc4)c(-c4ccc(-c5ccc(-c6ccc(-c7ccc(-c8ccc(C)s8)s7)s6)s5)s4)s3)sc2-c2ccc(-c3ccc(-c4ccc(-c5ccc(-c6ccc(C)s6)s5)s4)s3)s2)cc1. The van der Waals surface area contributed by atoms with Crippen molar-refractivity contribution in [2.75, 3.05) is 0 Å². The molecule has 0 nitrogen and oxygen atoms in total. The van der Waals surface area contributed by atoms with Crippen molar-refractivity contribution in [2.45, 2.75) is 40.5 Å². The highest BCUT2D eigenvalue weighted by atomic mass is 32.1. The molecule has 12 aromatic heterocycles.